The fourth-order valence-corrected chi connectivity index (χ4v) is 2.42. The standard InChI is InChI=1S/C16H13ClF3N5O/c1-24-12(8-13(22-24)16(18,19)20)15(26)21-14-6-7-25(23-14)9-10-2-4-11(17)5-3-10/h2-8H,9H2,1H3,(H,21,23,26). The van der Waals surface area contributed by atoms with Gasteiger partial charge in [-0.1, -0.05) is 23.7 Å². The lowest BCUT2D eigenvalue weighted by molar-refractivity contribution is -0.141. The summed E-state index contributed by atoms with van der Waals surface area (Å²) in [5.74, 6) is -0.508. The predicted octanol–water partition coefficient (Wildman–Crippen LogP) is 3.59. The number of anilines is 1. The lowest BCUT2D eigenvalue weighted by Gasteiger charge is -2.03. The minimum absolute atomic E-state index is 0.218. The number of nitrogens with one attached hydrogen (secondary N) is 1. The topological polar surface area (TPSA) is 64.7 Å². The zero-order chi connectivity index (χ0) is 18.9. The van der Waals surface area contributed by atoms with Crippen molar-refractivity contribution < 1.29 is 18.0 Å². The first-order chi connectivity index (χ1) is 12.2. The number of carbonyl (C=O) groups excluding carboxylic acids is 1. The molecular weight excluding hydrogens is 371 g/mol. The molecule has 0 fully saturated rings. The summed E-state index contributed by atoms with van der Waals surface area (Å²) < 4.78 is 40.5. The first kappa shape index (κ1) is 18.0. The molecule has 0 saturated heterocycles. The average Bonchev–Trinajstić information content (AvgIpc) is 3.16. The normalized spacial score (nSPS) is 11.6. The van der Waals surface area contributed by atoms with E-state index in [1.807, 2.05) is 12.1 Å². The monoisotopic (exact) mass is 383 g/mol. The van der Waals surface area contributed by atoms with Crippen LogP contribution in [0.3, 0.4) is 0 Å². The summed E-state index contributed by atoms with van der Waals surface area (Å²) in [6.07, 6.45) is -2.97. The van der Waals surface area contributed by atoms with Gasteiger partial charge < -0.3 is 5.32 Å². The van der Waals surface area contributed by atoms with Crippen LogP contribution >= 0.6 is 11.6 Å². The summed E-state index contributed by atoms with van der Waals surface area (Å²) in [6, 6.07) is 9.44. The van der Waals surface area contributed by atoms with Crippen LogP contribution in [0.4, 0.5) is 19.0 Å². The quantitative estimate of drug-likeness (QED) is 0.748. The van der Waals surface area contributed by atoms with Gasteiger partial charge in [-0.25, -0.2) is 0 Å². The number of nitrogens with zero attached hydrogens (tertiary/aromatic N) is 4. The van der Waals surface area contributed by atoms with Crippen LogP contribution in [0.5, 0.6) is 0 Å². The Morgan fingerprint density at radius 1 is 1.19 bits per heavy atom. The molecule has 0 aliphatic heterocycles. The number of alkyl halides is 3. The Bertz CT molecular complexity index is 930. The third kappa shape index (κ3) is 4.05. The number of hydrogen-bond acceptors (Lipinski definition) is 3. The van der Waals surface area contributed by atoms with Crippen LogP contribution in [0, 0.1) is 0 Å². The maximum absolute atomic E-state index is 12.7. The molecule has 3 rings (SSSR count). The van der Waals surface area contributed by atoms with Crippen LogP contribution in [-0.2, 0) is 19.8 Å². The highest BCUT2D eigenvalue weighted by Gasteiger charge is 2.35. The number of aryl methyl sites for hydroxylation is 1. The van der Waals surface area contributed by atoms with E-state index in [2.05, 4.69) is 15.5 Å². The zero-order valence-electron chi connectivity index (χ0n) is 13.5. The van der Waals surface area contributed by atoms with Gasteiger partial charge in [0.25, 0.3) is 5.91 Å². The average molecular weight is 384 g/mol. The van der Waals surface area contributed by atoms with Crippen LogP contribution < -0.4 is 5.32 Å². The summed E-state index contributed by atoms with van der Waals surface area (Å²) >= 11 is 5.83. The Kier molecular flexibility index (Phi) is 4.73. The van der Waals surface area contributed by atoms with Crippen molar-refractivity contribution in [1.82, 2.24) is 19.6 Å². The first-order valence-corrected chi connectivity index (χ1v) is 7.80. The third-order valence-corrected chi connectivity index (χ3v) is 3.79. The van der Waals surface area contributed by atoms with Gasteiger partial charge in [0, 0.05) is 30.4 Å². The van der Waals surface area contributed by atoms with Gasteiger partial charge in [-0.3, -0.25) is 14.2 Å². The van der Waals surface area contributed by atoms with Crippen LogP contribution in [0.2, 0.25) is 5.02 Å². The van der Waals surface area contributed by atoms with Gasteiger partial charge in [0.2, 0.25) is 0 Å². The number of amides is 1. The fraction of sp³-hybridized carbons (Fsp3) is 0.188. The number of aromatic nitrogens is 4. The molecule has 2 heterocycles. The molecule has 0 aliphatic carbocycles. The van der Waals surface area contributed by atoms with Crippen molar-refractivity contribution >= 4 is 23.3 Å². The van der Waals surface area contributed by atoms with Crippen molar-refractivity contribution in [2.24, 2.45) is 7.05 Å². The molecule has 0 saturated carbocycles. The van der Waals surface area contributed by atoms with E-state index in [4.69, 9.17) is 11.6 Å². The molecular formula is C16H13ClF3N5O. The van der Waals surface area contributed by atoms with Crippen LogP contribution in [0.15, 0.2) is 42.6 Å². The lowest BCUT2D eigenvalue weighted by atomic mass is 10.2. The fourth-order valence-electron chi connectivity index (χ4n) is 2.29. The Morgan fingerprint density at radius 2 is 1.88 bits per heavy atom. The van der Waals surface area contributed by atoms with E-state index >= 15 is 0 Å². The predicted molar refractivity (Wildman–Crippen MR) is 88.9 cm³/mol. The molecule has 1 amide bonds. The van der Waals surface area contributed by atoms with E-state index in [1.165, 1.54) is 7.05 Å². The van der Waals surface area contributed by atoms with Gasteiger partial charge in [-0.15, -0.1) is 0 Å². The summed E-state index contributed by atoms with van der Waals surface area (Å²) in [7, 11) is 1.27. The molecule has 0 aliphatic rings. The molecule has 0 bridgehead atoms. The van der Waals surface area contributed by atoms with E-state index in [-0.39, 0.29) is 11.5 Å². The second kappa shape index (κ2) is 6.83. The molecule has 0 atom stereocenters. The highest BCUT2D eigenvalue weighted by Crippen LogP contribution is 2.28. The summed E-state index contributed by atoms with van der Waals surface area (Å²) in [6.45, 7) is 0.455. The Labute approximate surface area is 151 Å². The largest absolute Gasteiger partial charge is 0.435 e. The number of rotatable bonds is 4. The number of carbonyl (C=O) groups is 1. The second-order valence-corrected chi connectivity index (χ2v) is 5.95. The van der Waals surface area contributed by atoms with E-state index in [9.17, 15) is 18.0 Å². The third-order valence-electron chi connectivity index (χ3n) is 3.54. The molecule has 136 valence electrons. The molecule has 0 spiro atoms. The SMILES string of the molecule is Cn1nc(C(F)(F)F)cc1C(=O)Nc1ccn(Cc2ccc(Cl)cc2)n1. The molecule has 10 heteroatoms. The maximum atomic E-state index is 12.7. The van der Waals surface area contributed by atoms with Crippen LogP contribution in [-0.4, -0.2) is 25.5 Å². The lowest BCUT2D eigenvalue weighted by Crippen LogP contribution is -2.16. The highest BCUT2D eigenvalue weighted by molar-refractivity contribution is 6.30. The van der Waals surface area contributed by atoms with Gasteiger partial charge in [0.05, 0.1) is 6.54 Å². The van der Waals surface area contributed by atoms with Crippen molar-refractivity contribution in [2.45, 2.75) is 12.7 Å². The van der Waals surface area contributed by atoms with Crippen LogP contribution in [0.25, 0.3) is 0 Å². The summed E-state index contributed by atoms with van der Waals surface area (Å²) in [5.41, 5.74) is -0.389. The number of hydrogen-bond donors (Lipinski definition) is 1. The van der Waals surface area contributed by atoms with Gasteiger partial charge in [-0.2, -0.15) is 23.4 Å². The molecule has 2 aromatic heterocycles. The smallest absolute Gasteiger partial charge is 0.304 e. The zero-order valence-corrected chi connectivity index (χ0v) is 14.2. The molecule has 1 N–H and O–H groups in total. The molecule has 26 heavy (non-hydrogen) atoms. The maximum Gasteiger partial charge on any atom is 0.435 e. The Balaban J connectivity index is 1.70. The van der Waals surface area contributed by atoms with Gasteiger partial charge in [-0.05, 0) is 17.7 Å². The number of benzene rings is 1. The van der Waals surface area contributed by atoms with Crippen molar-refractivity contribution in [3.05, 3.63) is 64.6 Å². The molecule has 0 radical (unpaired) electrons. The van der Waals surface area contributed by atoms with Crippen molar-refractivity contribution in [3.63, 3.8) is 0 Å². The number of halogens is 4. The van der Waals surface area contributed by atoms with E-state index in [1.54, 1.807) is 29.1 Å². The summed E-state index contributed by atoms with van der Waals surface area (Å²) in [5, 5.41) is 10.6. The van der Waals surface area contributed by atoms with E-state index < -0.39 is 17.8 Å². The van der Waals surface area contributed by atoms with Crippen molar-refractivity contribution in [1.29, 1.82) is 0 Å². The molecule has 3 aromatic rings. The van der Waals surface area contributed by atoms with Crippen molar-refractivity contribution in [3.8, 4) is 0 Å². The summed E-state index contributed by atoms with van der Waals surface area (Å²) in [4.78, 5) is 12.2. The van der Waals surface area contributed by atoms with Gasteiger partial charge in [0.15, 0.2) is 11.5 Å². The second-order valence-electron chi connectivity index (χ2n) is 5.52. The highest BCUT2D eigenvalue weighted by atomic mass is 35.5. The first-order valence-electron chi connectivity index (χ1n) is 7.43. The Hall–Kier alpha value is -2.81. The van der Waals surface area contributed by atoms with E-state index in [0.717, 1.165) is 10.2 Å². The minimum Gasteiger partial charge on any atom is -0.304 e. The van der Waals surface area contributed by atoms with Crippen molar-refractivity contribution in [2.75, 3.05) is 5.32 Å². The Morgan fingerprint density at radius 3 is 2.50 bits per heavy atom. The van der Waals surface area contributed by atoms with E-state index in [0.29, 0.717) is 17.6 Å². The van der Waals surface area contributed by atoms with Gasteiger partial charge in [0.1, 0.15) is 5.69 Å². The van der Waals surface area contributed by atoms with Gasteiger partial charge >= 0.3 is 6.18 Å². The molecule has 6 nitrogen and oxygen atoms in total. The minimum atomic E-state index is -4.61. The molecule has 0 unspecified atom stereocenters. The molecule has 1 aromatic carbocycles. The van der Waals surface area contributed by atoms with Crippen LogP contribution in [0.1, 0.15) is 21.7 Å².